The van der Waals surface area contributed by atoms with Crippen LogP contribution in [-0.4, -0.2) is 31.5 Å². The Bertz CT molecular complexity index is 445. The Labute approximate surface area is 125 Å². The molecule has 1 fully saturated rings. The second-order valence-electron chi connectivity index (χ2n) is 5.20. The van der Waals surface area contributed by atoms with E-state index in [1.54, 1.807) is 14.2 Å². The molecule has 1 aliphatic carbocycles. The number of halogens is 1. The van der Waals surface area contributed by atoms with Crippen LogP contribution >= 0.6 is 11.6 Å². The van der Waals surface area contributed by atoms with E-state index in [1.807, 2.05) is 12.1 Å². The van der Waals surface area contributed by atoms with Gasteiger partial charge >= 0.3 is 0 Å². The molecule has 0 bridgehead atoms. The number of ether oxygens (including phenoxy) is 2. The topological polar surface area (TPSA) is 50.7 Å². The summed E-state index contributed by atoms with van der Waals surface area (Å²) in [5.74, 6) is 1.22. The van der Waals surface area contributed by atoms with Gasteiger partial charge in [0.2, 0.25) is 0 Å². The summed E-state index contributed by atoms with van der Waals surface area (Å²) in [4.78, 5) is 0. The molecule has 1 saturated carbocycles. The van der Waals surface area contributed by atoms with Crippen molar-refractivity contribution in [1.29, 1.82) is 0 Å². The Morgan fingerprint density at radius 1 is 1.20 bits per heavy atom. The minimum atomic E-state index is -0.122. The molecular weight excluding hydrogens is 278 g/mol. The van der Waals surface area contributed by atoms with Gasteiger partial charge < -0.3 is 19.9 Å². The summed E-state index contributed by atoms with van der Waals surface area (Å²) < 4.78 is 10.5. The third-order valence-corrected chi connectivity index (χ3v) is 4.07. The van der Waals surface area contributed by atoms with Crippen LogP contribution in [-0.2, 0) is 6.54 Å². The van der Waals surface area contributed by atoms with Crippen LogP contribution in [0.3, 0.4) is 0 Å². The van der Waals surface area contributed by atoms with Crippen LogP contribution in [0.5, 0.6) is 11.5 Å². The molecule has 2 rings (SSSR count). The molecule has 2 N–H and O–H groups in total. The maximum atomic E-state index is 9.50. The molecule has 0 unspecified atom stereocenters. The van der Waals surface area contributed by atoms with E-state index in [-0.39, 0.29) is 6.10 Å². The maximum Gasteiger partial charge on any atom is 0.179 e. The molecule has 5 heteroatoms. The van der Waals surface area contributed by atoms with Crippen LogP contribution in [0.4, 0.5) is 0 Å². The maximum absolute atomic E-state index is 9.50. The Morgan fingerprint density at radius 3 is 2.50 bits per heavy atom. The molecule has 112 valence electrons. The monoisotopic (exact) mass is 299 g/mol. The highest BCUT2D eigenvalue weighted by Crippen LogP contribution is 2.36. The minimum Gasteiger partial charge on any atom is -0.493 e. The molecule has 0 saturated heterocycles. The molecule has 0 radical (unpaired) electrons. The van der Waals surface area contributed by atoms with Gasteiger partial charge in [-0.3, -0.25) is 0 Å². The lowest BCUT2D eigenvalue weighted by Gasteiger charge is -2.26. The number of aliphatic hydroxyl groups is 1. The van der Waals surface area contributed by atoms with Crippen LogP contribution in [0.1, 0.15) is 31.2 Å². The smallest absolute Gasteiger partial charge is 0.179 e. The van der Waals surface area contributed by atoms with Gasteiger partial charge in [0, 0.05) is 12.6 Å². The molecule has 20 heavy (non-hydrogen) atoms. The van der Waals surface area contributed by atoms with Crippen LogP contribution in [0.25, 0.3) is 0 Å². The predicted octanol–water partition coefficient (Wildman–Crippen LogP) is 2.75. The lowest BCUT2D eigenvalue weighted by atomic mass is 9.93. The molecule has 1 aromatic rings. The van der Waals surface area contributed by atoms with Gasteiger partial charge in [0.15, 0.2) is 11.5 Å². The van der Waals surface area contributed by atoms with Crippen molar-refractivity contribution in [3.8, 4) is 11.5 Å². The summed E-state index contributed by atoms with van der Waals surface area (Å²) in [5, 5.41) is 13.6. The van der Waals surface area contributed by atoms with Crippen molar-refractivity contribution in [1.82, 2.24) is 5.32 Å². The normalized spacial score (nSPS) is 22.6. The van der Waals surface area contributed by atoms with Crippen molar-refractivity contribution < 1.29 is 14.6 Å². The van der Waals surface area contributed by atoms with E-state index in [0.717, 1.165) is 37.8 Å². The fraction of sp³-hybridized carbons (Fsp3) is 0.600. The fourth-order valence-electron chi connectivity index (χ4n) is 2.62. The van der Waals surface area contributed by atoms with Gasteiger partial charge in [0.25, 0.3) is 0 Å². The molecule has 4 nitrogen and oxygen atoms in total. The third-order valence-electron chi connectivity index (χ3n) is 3.78. The number of hydrogen-bond acceptors (Lipinski definition) is 4. The number of hydrogen-bond donors (Lipinski definition) is 2. The largest absolute Gasteiger partial charge is 0.493 e. The second-order valence-corrected chi connectivity index (χ2v) is 5.61. The van der Waals surface area contributed by atoms with Crippen molar-refractivity contribution in [2.24, 2.45) is 0 Å². The van der Waals surface area contributed by atoms with E-state index in [2.05, 4.69) is 5.32 Å². The van der Waals surface area contributed by atoms with Crippen LogP contribution in [0, 0.1) is 0 Å². The first-order valence-corrected chi connectivity index (χ1v) is 7.33. The first-order valence-electron chi connectivity index (χ1n) is 6.96. The van der Waals surface area contributed by atoms with Crippen molar-refractivity contribution in [2.45, 2.75) is 44.4 Å². The van der Waals surface area contributed by atoms with E-state index in [4.69, 9.17) is 21.1 Å². The third kappa shape index (κ3) is 3.78. The second kappa shape index (κ2) is 7.16. The zero-order valence-corrected chi connectivity index (χ0v) is 12.7. The Balaban J connectivity index is 1.97. The molecule has 0 spiro atoms. The molecule has 0 atom stereocenters. The Morgan fingerprint density at radius 2 is 1.90 bits per heavy atom. The summed E-state index contributed by atoms with van der Waals surface area (Å²) in [6.45, 7) is 0.737. The highest BCUT2D eigenvalue weighted by atomic mass is 35.5. The first-order chi connectivity index (χ1) is 9.63. The highest BCUT2D eigenvalue weighted by Gasteiger charge is 2.19. The van der Waals surface area contributed by atoms with E-state index < -0.39 is 0 Å². The molecular formula is C15H22ClNO3. The average Bonchev–Trinajstić information content (AvgIpc) is 2.46. The quantitative estimate of drug-likeness (QED) is 0.878. The number of methoxy groups -OCH3 is 2. The lowest BCUT2D eigenvalue weighted by molar-refractivity contribution is 0.116. The fourth-order valence-corrected chi connectivity index (χ4v) is 2.93. The first kappa shape index (κ1) is 15.4. The van der Waals surface area contributed by atoms with E-state index in [1.165, 1.54) is 0 Å². The van der Waals surface area contributed by atoms with E-state index in [0.29, 0.717) is 22.6 Å². The van der Waals surface area contributed by atoms with E-state index in [9.17, 15) is 5.11 Å². The van der Waals surface area contributed by atoms with Crippen molar-refractivity contribution >= 4 is 11.6 Å². The van der Waals surface area contributed by atoms with E-state index >= 15 is 0 Å². The molecule has 0 aliphatic heterocycles. The molecule has 0 amide bonds. The SMILES string of the molecule is COc1cc(CNC2CCC(O)CC2)cc(Cl)c1OC. The summed E-state index contributed by atoms with van der Waals surface area (Å²) in [5.41, 5.74) is 1.07. The summed E-state index contributed by atoms with van der Waals surface area (Å²) >= 11 is 6.19. The minimum absolute atomic E-state index is 0.122. The zero-order valence-electron chi connectivity index (χ0n) is 12.0. The number of nitrogens with one attached hydrogen (secondary N) is 1. The van der Waals surface area contributed by atoms with Gasteiger partial charge in [-0.25, -0.2) is 0 Å². The molecule has 0 aromatic heterocycles. The van der Waals surface area contributed by atoms with Crippen molar-refractivity contribution in [2.75, 3.05) is 14.2 Å². The zero-order chi connectivity index (χ0) is 14.5. The van der Waals surface area contributed by atoms with Gasteiger partial charge in [-0.05, 0) is 43.4 Å². The van der Waals surface area contributed by atoms with Gasteiger partial charge in [-0.15, -0.1) is 0 Å². The van der Waals surface area contributed by atoms with Gasteiger partial charge in [0.05, 0.1) is 25.3 Å². The van der Waals surface area contributed by atoms with Crippen molar-refractivity contribution in [3.63, 3.8) is 0 Å². The average molecular weight is 300 g/mol. The van der Waals surface area contributed by atoms with Gasteiger partial charge in [-0.2, -0.15) is 0 Å². The molecule has 0 heterocycles. The van der Waals surface area contributed by atoms with Crippen LogP contribution < -0.4 is 14.8 Å². The number of benzene rings is 1. The van der Waals surface area contributed by atoms with Gasteiger partial charge in [-0.1, -0.05) is 11.6 Å². The Kier molecular flexibility index (Phi) is 5.52. The molecule has 1 aromatic carbocycles. The van der Waals surface area contributed by atoms with Gasteiger partial charge in [0.1, 0.15) is 0 Å². The lowest BCUT2D eigenvalue weighted by Crippen LogP contribution is -2.34. The standard InChI is InChI=1S/C15H22ClNO3/c1-19-14-8-10(7-13(16)15(14)20-2)9-17-11-3-5-12(18)6-4-11/h7-8,11-12,17-18H,3-6,9H2,1-2H3. The van der Waals surface area contributed by atoms with Crippen LogP contribution in [0.2, 0.25) is 5.02 Å². The number of rotatable bonds is 5. The predicted molar refractivity (Wildman–Crippen MR) is 79.7 cm³/mol. The summed E-state index contributed by atoms with van der Waals surface area (Å²) in [6, 6.07) is 4.30. The van der Waals surface area contributed by atoms with Crippen molar-refractivity contribution in [3.05, 3.63) is 22.7 Å². The highest BCUT2D eigenvalue weighted by molar-refractivity contribution is 6.32. The van der Waals surface area contributed by atoms with Crippen LogP contribution in [0.15, 0.2) is 12.1 Å². The summed E-state index contributed by atoms with van der Waals surface area (Å²) in [6.07, 6.45) is 3.67. The number of aliphatic hydroxyl groups excluding tert-OH is 1. The molecule has 1 aliphatic rings. The summed E-state index contributed by atoms with van der Waals surface area (Å²) in [7, 11) is 3.18. The Hall–Kier alpha value is -0.970.